The Morgan fingerprint density at radius 1 is 1.29 bits per heavy atom. The number of amides is 1. The van der Waals surface area contributed by atoms with Crippen molar-refractivity contribution in [1.82, 2.24) is 15.1 Å². The predicted octanol–water partition coefficient (Wildman–Crippen LogP) is 4.07. The molecule has 2 aromatic carbocycles. The molecule has 3 aromatic rings. The second-order valence-corrected chi connectivity index (χ2v) is 7.87. The molecule has 0 aliphatic carbocycles. The summed E-state index contributed by atoms with van der Waals surface area (Å²) >= 11 is 6.32. The Balaban J connectivity index is 1.88. The number of fused-ring (bicyclic) bond motifs is 1. The zero-order chi connectivity index (χ0) is 22.1. The number of nitrogens with one attached hydrogen (secondary N) is 1. The number of hydrogen-bond acceptors (Lipinski definition) is 5. The van der Waals surface area contributed by atoms with Gasteiger partial charge in [-0.15, -0.1) is 0 Å². The number of phenolic OH excluding ortho intramolecular Hbond substituents is 1. The number of aromatic nitrogens is 2. The highest BCUT2D eigenvalue weighted by atomic mass is 35.5. The summed E-state index contributed by atoms with van der Waals surface area (Å²) in [6.07, 6.45) is 0.446. The van der Waals surface area contributed by atoms with Crippen molar-refractivity contribution in [2.24, 2.45) is 0 Å². The first-order valence-corrected chi connectivity index (χ1v) is 10.6. The lowest BCUT2D eigenvalue weighted by Crippen LogP contribution is -2.31. The van der Waals surface area contributed by atoms with E-state index >= 15 is 0 Å². The molecule has 4 rings (SSSR count). The first-order chi connectivity index (χ1) is 15.0. The average molecular weight is 442 g/mol. The van der Waals surface area contributed by atoms with E-state index in [1.165, 1.54) is 0 Å². The van der Waals surface area contributed by atoms with E-state index in [1.54, 1.807) is 17.0 Å². The van der Waals surface area contributed by atoms with Gasteiger partial charge in [0.2, 0.25) is 0 Å². The van der Waals surface area contributed by atoms with Gasteiger partial charge in [0.15, 0.2) is 0 Å². The van der Waals surface area contributed by atoms with Crippen LogP contribution in [0.1, 0.15) is 46.6 Å². The molecular formula is C23H24ClN3O4. The van der Waals surface area contributed by atoms with E-state index in [9.17, 15) is 15.0 Å². The van der Waals surface area contributed by atoms with Gasteiger partial charge in [-0.25, -0.2) is 0 Å². The van der Waals surface area contributed by atoms with E-state index in [1.807, 2.05) is 38.1 Å². The average Bonchev–Trinajstić information content (AvgIpc) is 3.28. The number of carbonyl (C=O) groups is 1. The maximum absolute atomic E-state index is 13.2. The fraction of sp³-hybridized carbons (Fsp3) is 0.304. The van der Waals surface area contributed by atoms with Gasteiger partial charge in [-0.05, 0) is 55.7 Å². The molecule has 1 amide bonds. The molecule has 7 nitrogen and oxygen atoms in total. The third-order valence-corrected chi connectivity index (χ3v) is 5.85. The minimum absolute atomic E-state index is 0.0249. The Kier molecular flexibility index (Phi) is 5.89. The van der Waals surface area contributed by atoms with Crippen LogP contribution >= 0.6 is 11.6 Å². The molecule has 1 aliphatic rings. The lowest BCUT2D eigenvalue weighted by molar-refractivity contribution is 0.0732. The number of nitrogens with zero attached hydrogens (tertiary/aromatic N) is 2. The molecule has 1 aliphatic heterocycles. The zero-order valence-corrected chi connectivity index (χ0v) is 18.1. The van der Waals surface area contributed by atoms with Crippen LogP contribution in [-0.4, -0.2) is 51.0 Å². The maximum atomic E-state index is 13.2. The summed E-state index contributed by atoms with van der Waals surface area (Å²) in [6.45, 7) is 4.60. The Bertz CT molecular complexity index is 1130. The maximum Gasteiger partial charge on any atom is 0.273 e. The number of rotatable bonds is 7. The Hall–Kier alpha value is -3.03. The molecule has 1 atom stereocenters. The highest BCUT2D eigenvalue weighted by Gasteiger charge is 2.42. The first-order valence-electron chi connectivity index (χ1n) is 10.2. The second kappa shape index (κ2) is 8.61. The Morgan fingerprint density at radius 3 is 2.84 bits per heavy atom. The molecule has 0 saturated carbocycles. The Morgan fingerprint density at radius 2 is 2.10 bits per heavy atom. The molecule has 0 radical (unpaired) electrons. The van der Waals surface area contributed by atoms with Crippen molar-refractivity contribution < 1.29 is 19.7 Å². The van der Waals surface area contributed by atoms with Crippen LogP contribution in [-0.2, 0) is 0 Å². The predicted molar refractivity (Wildman–Crippen MR) is 118 cm³/mol. The highest BCUT2D eigenvalue weighted by molar-refractivity contribution is 6.31. The molecular weight excluding hydrogens is 418 g/mol. The minimum atomic E-state index is -0.442. The summed E-state index contributed by atoms with van der Waals surface area (Å²) in [4.78, 5) is 14.9. The van der Waals surface area contributed by atoms with E-state index in [0.717, 1.165) is 11.1 Å². The fourth-order valence-electron chi connectivity index (χ4n) is 4.02. The van der Waals surface area contributed by atoms with Gasteiger partial charge < -0.3 is 19.8 Å². The van der Waals surface area contributed by atoms with E-state index in [-0.39, 0.29) is 18.3 Å². The number of aromatic hydroxyl groups is 1. The Labute approximate surface area is 185 Å². The number of benzene rings is 2. The molecule has 0 unspecified atom stereocenters. The SMILES string of the molecule is CCOc1cccc([C@H]2c3c(-c4cc(Cl)c(C)cc4O)n[nH]c3C(=O)N2CCCO)c1. The third-order valence-electron chi connectivity index (χ3n) is 5.44. The number of aliphatic hydroxyl groups is 1. The smallest absolute Gasteiger partial charge is 0.273 e. The van der Waals surface area contributed by atoms with Crippen LogP contribution in [0.4, 0.5) is 0 Å². The number of hydrogen-bond donors (Lipinski definition) is 3. The van der Waals surface area contributed by atoms with Gasteiger partial charge in [0.05, 0.1) is 12.6 Å². The summed E-state index contributed by atoms with van der Waals surface area (Å²) in [7, 11) is 0. The van der Waals surface area contributed by atoms with Crippen molar-refractivity contribution in [1.29, 1.82) is 0 Å². The highest BCUT2D eigenvalue weighted by Crippen LogP contribution is 2.45. The van der Waals surface area contributed by atoms with Crippen LogP contribution in [0, 0.1) is 6.92 Å². The monoisotopic (exact) mass is 441 g/mol. The van der Waals surface area contributed by atoms with Crippen molar-refractivity contribution >= 4 is 17.5 Å². The standard InChI is InChI=1S/C23H24ClN3O4/c1-3-31-15-7-4-6-14(11-15)22-19-20(16-12-17(24)13(2)10-18(16)29)25-26-21(19)23(30)27(22)8-5-9-28/h4,6-7,10-12,22,28-29H,3,5,8-9H2,1-2H3,(H,25,26)/t22-/m0/s1. The topological polar surface area (TPSA) is 98.7 Å². The van der Waals surface area contributed by atoms with Crippen LogP contribution in [0.3, 0.4) is 0 Å². The largest absolute Gasteiger partial charge is 0.507 e. The first kappa shape index (κ1) is 21.2. The van der Waals surface area contributed by atoms with Crippen LogP contribution < -0.4 is 4.74 Å². The summed E-state index contributed by atoms with van der Waals surface area (Å²) in [6, 6.07) is 10.4. The number of phenols is 1. The number of H-pyrrole nitrogens is 1. The summed E-state index contributed by atoms with van der Waals surface area (Å²) in [5.74, 6) is 0.542. The van der Waals surface area contributed by atoms with Crippen LogP contribution in [0.25, 0.3) is 11.3 Å². The number of aliphatic hydroxyl groups excluding tert-OH is 1. The summed E-state index contributed by atoms with van der Waals surface area (Å²) < 4.78 is 5.66. The van der Waals surface area contributed by atoms with E-state index in [4.69, 9.17) is 16.3 Å². The van der Waals surface area contributed by atoms with Crippen molar-refractivity contribution in [2.75, 3.05) is 19.8 Å². The van der Waals surface area contributed by atoms with Crippen LogP contribution in [0.2, 0.25) is 5.02 Å². The number of aromatic amines is 1. The van der Waals surface area contributed by atoms with E-state index in [0.29, 0.717) is 52.9 Å². The minimum Gasteiger partial charge on any atom is -0.507 e. The molecule has 0 spiro atoms. The van der Waals surface area contributed by atoms with Gasteiger partial charge >= 0.3 is 0 Å². The molecule has 1 aromatic heterocycles. The molecule has 31 heavy (non-hydrogen) atoms. The van der Waals surface area contributed by atoms with Crippen LogP contribution in [0.15, 0.2) is 36.4 Å². The molecule has 2 heterocycles. The van der Waals surface area contributed by atoms with Gasteiger partial charge in [-0.1, -0.05) is 23.7 Å². The number of ether oxygens (including phenoxy) is 1. The van der Waals surface area contributed by atoms with E-state index in [2.05, 4.69) is 10.2 Å². The van der Waals surface area contributed by atoms with E-state index < -0.39 is 6.04 Å². The molecule has 3 N–H and O–H groups in total. The van der Waals surface area contributed by atoms with Crippen molar-refractivity contribution in [3.05, 3.63) is 63.8 Å². The molecule has 0 saturated heterocycles. The molecule has 8 heteroatoms. The fourth-order valence-corrected chi connectivity index (χ4v) is 4.18. The third kappa shape index (κ3) is 3.75. The van der Waals surface area contributed by atoms with Gasteiger partial charge in [0, 0.05) is 29.3 Å². The van der Waals surface area contributed by atoms with Gasteiger partial charge in [-0.3, -0.25) is 9.89 Å². The van der Waals surface area contributed by atoms with Gasteiger partial charge in [-0.2, -0.15) is 5.10 Å². The quantitative estimate of drug-likeness (QED) is 0.513. The zero-order valence-electron chi connectivity index (χ0n) is 17.4. The number of carbonyl (C=O) groups excluding carboxylic acids is 1. The number of aryl methyl sites for hydroxylation is 1. The number of halogens is 1. The molecule has 0 fully saturated rings. The van der Waals surface area contributed by atoms with Crippen molar-refractivity contribution in [3.63, 3.8) is 0 Å². The summed E-state index contributed by atoms with van der Waals surface area (Å²) in [5.41, 5.74) is 3.58. The normalized spacial score (nSPS) is 15.4. The van der Waals surface area contributed by atoms with Crippen molar-refractivity contribution in [3.8, 4) is 22.8 Å². The lowest BCUT2D eigenvalue weighted by Gasteiger charge is -2.26. The van der Waals surface area contributed by atoms with Crippen molar-refractivity contribution in [2.45, 2.75) is 26.3 Å². The van der Waals surface area contributed by atoms with Gasteiger partial charge in [0.1, 0.15) is 22.9 Å². The molecule has 0 bridgehead atoms. The van der Waals surface area contributed by atoms with Gasteiger partial charge in [0.25, 0.3) is 5.91 Å². The second-order valence-electron chi connectivity index (χ2n) is 7.46. The molecule has 162 valence electrons. The summed E-state index contributed by atoms with van der Waals surface area (Å²) in [5, 5.41) is 27.7. The lowest BCUT2D eigenvalue weighted by atomic mass is 9.95. The van der Waals surface area contributed by atoms with Crippen LogP contribution in [0.5, 0.6) is 11.5 Å².